The highest BCUT2D eigenvalue weighted by Crippen LogP contribution is 2.32. The van der Waals surface area contributed by atoms with Gasteiger partial charge in [0.1, 0.15) is 0 Å². The zero-order valence-electron chi connectivity index (χ0n) is 14.1. The first-order valence-electron chi connectivity index (χ1n) is 8.21. The average molecular weight is 433 g/mol. The number of hydrogen-bond acceptors (Lipinski definition) is 3. The van der Waals surface area contributed by atoms with E-state index in [-0.39, 0.29) is 24.0 Å². The first-order valence-corrected chi connectivity index (χ1v) is 8.21. The van der Waals surface area contributed by atoms with Gasteiger partial charge in [-0.1, -0.05) is 26.2 Å². The predicted octanol–water partition coefficient (Wildman–Crippen LogP) is 4.03. The van der Waals surface area contributed by atoms with Crippen molar-refractivity contribution in [1.29, 1.82) is 0 Å². The second kappa shape index (κ2) is 11.4. The number of halogens is 1. The molecule has 1 heterocycles. The minimum Gasteiger partial charge on any atom is -0.490 e. The monoisotopic (exact) mass is 433 g/mol. The molecule has 0 aliphatic carbocycles. The molecule has 0 saturated heterocycles. The van der Waals surface area contributed by atoms with E-state index in [1.54, 1.807) is 7.05 Å². The molecule has 2 rings (SSSR count). The molecule has 0 unspecified atom stereocenters. The van der Waals surface area contributed by atoms with E-state index in [1.165, 1.54) is 19.3 Å². The minimum atomic E-state index is 0. The summed E-state index contributed by atoms with van der Waals surface area (Å²) in [4.78, 5) is 4.25. The van der Waals surface area contributed by atoms with Gasteiger partial charge in [-0.25, -0.2) is 0 Å². The van der Waals surface area contributed by atoms with Gasteiger partial charge in [0.15, 0.2) is 17.5 Å². The fourth-order valence-electron chi connectivity index (χ4n) is 2.32. The molecule has 5 nitrogen and oxygen atoms in total. The molecule has 0 bridgehead atoms. The Morgan fingerprint density at radius 1 is 1.13 bits per heavy atom. The third kappa shape index (κ3) is 6.85. The number of fused-ring (bicyclic) bond motifs is 1. The molecule has 1 aliphatic rings. The van der Waals surface area contributed by atoms with Gasteiger partial charge in [0.2, 0.25) is 0 Å². The van der Waals surface area contributed by atoms with Crippen LogP contribution in [-0.2, 0) is 0 Å². The van der Waals surface area contributed by atoms with E-state index in [4.69, 9.17) is 9.47 Å². The molecule has 0 aromatic heterocycles. The largest absolute Gasteiger partial charge is 0.490 e. The maximum Gasteiger partial charge on any atom is 0.195 e. The van der Waals surface area contributed by atoms with Crippen molar-refractivity contribution in [1.82, 2.24) is 5.32 Å². The fraction of sp³-hybridized carbons (Fsp3) is 0.588. The number of guanidine groups is 1. The Bertz CT molecular complexity index is 495. The number of nitrogens with zero attached hydrogens (tertiary/aromatic N) is 1. The summed E-state index contributed by atoms with van der Waals surface area (Å²) in [6.45, 7) is 4.56. The van der Waals surface area contributed by atoms with Gasteiger partial charge in [-0.3, -0.25) is 4.99 Å². The summed E-state index contributed by atoms with van der Waals surface area (Å²) in [5, 5.41) is 6.63. The Balaban J connectivity index is 0.00000264. The molecule has 23 heavy (non-hydrogen) atoms. The number of nitrogens with one attached hydrogen (secondary N) is 2. The van der Waals surface area contributed by atoms with Crippen LogP contribution in [0.15, 0.2) is 23.2 Å². The number of rotatable bonds is 6. The Labute approximate surface area is 156 Å². The van der Waals surface area contributed by atoms with Crippen LogP contribution in [0.2, 0.25) is 0 Å². The Morgan fingerprint density at radius 3 is 2.65 bits per heavy atom. The van der Waals surface area contributed by atoms with Crippen LogP contribution >= 0.6 is 24.0 Å². The number of ether oxygens (including phenoxy) is 2. The molecule has 1 aromatic carbocycles. The van der Waals surface area contributed by atoms with Crippen molar-refractivity contribution in [2.45, 2.75) is 39.0 Å². The van der Waals surface area contributed by atoms with Crippen LogP contribution in [0.25, 0.3) is 0 Å². The highest BCUT2D eigenvalue weighted by Gasteiger charge is 2.11. The first-order chi connectivity index (χ1) is 10.8. The van der Waals surface area contributed by atoms with Gasteiger partial charge < -0.3 is 20.1 Å². The number of benzene rings is 1. The van der Waals surface area contributed by atoms with Gasteiger partial charge in [0.25, 0.3) is 0 Å². The lowest BCUT2D eigenvalue weighted by molar-refractivity contribution is 0.297. The zero-order valence-corrected chi connectivity index (χ0v) is 16.4. The summed E-state index contributed by atoms with van der Waals surface area (Å²) >= 11 is 0. The van der Waals surface area contributed by atoms with Gasteiger partial charge >= 0.3 is 0 Å². The second-order valence-electron chi connectivity index (χ2n) is 5.40. The van der Waals surface area contributed by atoms with Crippen LogP contribution in [0, 0.1) is 0 Å². The van der Waals surface area contributed by atoms with Crippen LogP contribution in [0.4, 0.5) is 5.69 Å². The van der Waals surface area contributed by atoms with Gasteiger partial charge in [-0.05, 0) is 18.6 Å². The lowest BCUT2D eigenvalue weighted by Gasteiger charge is -2.14. The van der Waals surface area contributed by atoms with Crippen LogP contribution in [0.5, 0.6) is 11.5 Å². The molecule has 130 valence electrons. The second-order valence-corrected chi connectivity index (χ2v) is 5.40. The zero-order chi connectivity index (χ0) is 15.6. The summed E-state index contributed by atoms with van der Waals surface area (Å²) in [5.41, 5.74) is 0.950. The van der Waals surface area contributed by atoms with Gasteiger partial charge in [0.05, 0.1) is 13.2 Å². The van der Waals surface area contributed by atoms with Crippen molar-refractivity contribution in [2.24, 2.45) is 4.99 Å². The van der Waals surface area contributed by atoms with Crippen LogP contribution in [0.1, 0.15) is 39.0 Å². The smallest absolute Gasteiger partial charge is 0.195 e. The Hall–Kier alpha value is -1.18. The number of hydrogen-bond donors (Lipinski definition) is 2. The van der Waals surface area contributed by atoms with E-state index >= 15 is 0 Å². The van der Waals surface area contributed by atoms with Crippen molar-refractivity contribution < 1.29 is 9.47 Å². The molecule has 0 atom stereocenters. The molecule has 0 radical (unpaired) electrons. The van der Waals surface area contributed by atoms with Gasteiger partial charge in [-0.15, -0.1) is 24.0 Å². The van der Waals surface area contributed by atoms with Gasteiger partial charge in [-0.2, -0.15) is 0 Å². The van der Waals surface area contributed by atoms with Crippen LogP contribution in [0.3, 0.4) is 0 Å². The minimum absolute atomic E-state index is 0. The third-order valence-corrected chi connectivity index (χ3v) is 3.56. The fourth-order valence-corrected chi connectivity index (χ4v) is 2.32. The van der Waals surface area contributed by atoms with Crippen molar-refractivity contribution in [3.05, 3.63) is 18.2 Å². The average Bonchev–Trinajstić information content (AvgIpc) is 2.78. The normalized spacial score (nSPS) is 13.7. The highest BCUT2D eigenvalue weighted by atomic mass is 127. The quantitative estimate of drug-likeness (QED) is 0.308. The Kier molecular flexibility index (Phi) is 9.82. The van der Waals surface area contributed by atoms with Crippen LogP contribution < -0.4 is 20.1 Å². The van der Waals surface area contributed by atoms with E-state index < -0.39 is 0 Å². The summed E-state index contributed by atoms with van der Waals surface area (Å²) in [6.07, 6.45) is 5.87. The molecule has 1 aromatic rings. The predicted molar refractivity (Wildman–Crippen MR) is 107 cm³/mol. The lowest BCUT2D eigenvalue weighted by atomic mass is 10.2. The molecule has 0 saturated carbocycles. The van der Waals surface area contributed by atoms with Crippen molar-refractivity contribution in [2.75, 3.05) is 32.1 Å². The standard InChI is InChI=1S/C17H27N3O2.HI/c1-3-4-5-6-10-19-17(18-2)20-14-8-9-15-16(13-14)22-12-7-11-21-15;/h8-9,13H,3-7,10-12H2,1-2H3,(H2,18,19,20);1H. The van der Waals surface area contributed by atoms with E-state index in [0.29, 0.717) is 13.2 Å². The third-order valence-electron chi connectivity index (χ3n) is 3.56. The van der Waals surface area contributed by atoms with Crippen molar-refractivity contribution in [3.63, 3.8) is 0 Å². The first kappa shape index (κ1) is 19.9. The summed E-state index contributed by atoms with van der Waals surface area (Å²) in [7, 11) is 1.78. The van der Waals surface area contributed by atoms with E-state index in [9.17, 15) is 0 Å². The number of anilines is 1. The molecule has 0 amide bonds. The molecule has 0 spiro atoms. The van der Waals surface area contributed by atoms with Crippen LogP contribution in [-0.4, -0.2) is 32.8 Å². The van der Waals surface area contributed by atoms with Crippen molar-refractivity contribution >= 4 is 35.6 Å². The number of unbranched alkanes of at least 4 members (excludes halogenated alkanes) is 3. The maximum atomic E-state index is 5.70. The van der Waals surface area contributed by atoms with Gasteiger partial charge in [0, 0.05) is 31.8 Å². The molecule has 1 aliphatic heterocycles. The summed E-state index contributed by atoms with van der Waals surface area (Å²) in [6, 6.07) is 5.89. The molecular weight excluding hydrogens is 405 g/mol. The molecular formula is C17H28IN3O2. The maximum absolute atomic E-state index is 5.70. The van der Waals surface area contributed by atoms with E-state index in [1.807, 2.05) is 18.2 Å². The Morgan fingerprint density at radius 2 is 1.91 bits per heavy atom. The summed E-state index contributed by atoms with van der Waals surface area (Å²) < 4.78 is 11.3. The molecule has 2 N–H and O–H groups in total. The number of aliphatic imine (C=N–C) groups is 1. The summed E-state index contributed by atoms with van der Waals surface area (Å²) in [5.74, 6) is 2.39. The molecule has 6 heteroatoms. The lowest BCUT2D eigenvalue weighted by Crippen LogP contribution is -2.31. The highest BCUT2D eigenvalue weighted by molar-refractivity contribution is 14.0. The SMILES string of the molecule is CCCCCCNC(=NC)Nc1ccc2c(c1)OCCCO2.I. The van der Waals surface area contributed by atoms with Crippen molar-refractivity contribution in [3.8, 4) is 11.5 Å². The molecule has 0 fully saturated rings. The van der Waals surface area contributed by atoms with E-state index in [0.717, 1.165) is 42.5 Å². The topological polar surface area (TPSA) is 54.9 Å². The van der Waals surface area contributed by atoms with E-state index in [2.05, 4.69) is 22.5 Å².